The summed E-state index contributed by atoms with van der Waals surface area (Å²) in [5, 5.41) is 7.95. The highest BCUT2D eigenvalue weighted by Gasteiger charge is 2.34. The fourth-order valence-corrected chi connectivity index (χ4v) is 5.22. The second kappa shape index (κ2) is 13.5. The molecule has 6 nitrogen and oxygen atoms in total. The number of hydrogen-bond acceptors (Lipinski definition) is 5. The van der Waals surface area contributed by atoms with E-state index in [0.29, 0.717) is 24.2 Å². The maximum atomic E-state index is 14.0. The van der Waals surface area contributed by atoms with E-state index in [9.17, 15) is 18.0 Å². The number of aryl methyl sites for hydroxylation is 1. The smallest absolute Gasteiger partial charge is 0.370 e. The molecule has 3 aromatic carbocycles. The summed E-state index contributed by atoms with van der Waals surface area (Å²) < 4.78 is 42.1. The first kappa shape index (κ1) is 31.0. The highest BCUT2D eigenvalue weighted by atomic mass is 19.4. The van der Waals surface area contributed by atoms with Gasteiger partial charge in [-0.3, -0.25) is 9.69 Å². The molecule has 1 saturated heterocycles. The van der Waals surface area contributed by atoms with Gasteiger partial charge in [-0.05, 0) is 55.8 Å². The third kappa shape index (κ3) is 7.39. The summed E-state index contributed by atoms with van der Waals surface area (Å²) >= 11 is 0. The van der Waals surface area contributed by atoms with Crippen molar-refractivity contribution in [1.82, 2.24) is 14.8 Å². The van der Waals surface area contributed by atoms with Crippen LogP contribution in [0.2, 0.25) is 0 Å². The van der Waals surface area contributed by atoms with E-state index in [1.54, 1.807) is 24.4 Å². The van der Waals surface area contributed by atoms with Gasteiger partial charge in [0, 0.05) is 73.1 Å². The summed E-state index contributed by atoms with van der Waals surface area (Å²) in [6.45, 7) is 8.06. The van der Waals surface area contributed by atoms with Crippen LogP contribution in [-0.4, -0.2) is 60.5 Å². The minimum Gasteiger partial charge on any atom is -0.370 e. The van der Waals surface area contributed by atoms with Crippen molar-refractivity contribution in [2.45, 2.75) is 33.0 Å². The minimum absolute atomic E-state index is 0.0898. The van der Waals surface area contributed by atoms with Gasteiger partial charge in [0.15, 0.2) is 0 Å². The van der Waals surface area contributed by atoms with Crippen LogP contribution in [0.4, 0.5) is 24.7 Å². The SMILES string of the molecule is CCCNc1ncc(C#Cc2cc(C(=O)Nc3ccc(CN4CCN(C)CC4)c(C(F)(F)F)c3)ccc2C)c2ccccc12. The lowest BCUT2D eigenvalue weighted by Gasteiger charge is -2.33. The number of fused-ring (bicyclic) bond motifs is 1. The van der Waals surface area contributed by atoms with Gasteiger partial charge in [0.2, 0.25) is 0 Å². The molecule has 0 bridgehead atoms. The molecule has 1 aliphatic heterocycles. The number of aromatic nitrogens is 1. The number of alkyl halides is 3. The molecule has 0 radical (unpaired) electrons. The van der Waals surface area contributed by atoms with Crippen LogP contribution in [0, 0.1) is 18.8 Å². The third-order valence-corrected chi connectivity index (χ3v) is 7.83. The number of rotatable bonds is 7. The molecule has 4 aromatic rings. The van der Waals surface area contributed by atoms with E-state index in [1.807, 2.05) is 43.1 Å². The van der Waals surface area contributed by atoms with Gasteiger partial charge in [0.05, 0.1) is 11.1 Å². The number of likely N-dealkylation sites (N-methyl/N-ethyl adjacent to an activating group) is 1. The highest BCUT2D eigenvalue weighted by molar-refractivity contribution is 6.04. The van der Waals surface area contributed by atoms with E-state index in [4.69, 9.17) is 0 Å². The van der Waals surface area contributed by atoms with Crippen LogP contribution in [0.3, 0.4) is 0 Å². The Labute approximate surface area is 256 Å². The van der Waals surface area contributed by atoms with Crippen molar-refractivity contribution in [3.05, 3.63) is 100 Å². The fraction of sp³-hybridized carbons (Fsp3) is 0.314. The van der Waals surface area contributed by atoms with Crippen molar-refractivity contribution >= 4 is 28.2 Å². The molecule has 0 spiro atoms. The monoisotopic (exact) mass is 599 g/mol. The second-order valence-electron chi connectivity index (χ2n) is 11.2. The predicted molar refractivity (Wildman–Crippen MR) is 170 cm³/mol. The maximum absolute atomic E-state index is 14.0. The molecule has 5 rings (SSSR count). The molecule has 1 fully saturated rings. The van der Waals surface area contributed by atoms with Crippen LogP contribution in [-0.2, 0) is 12.7 Å². The molecule has 0 saturated carbocycles. The second-order valence-corrected chi connectivity index (χ2v) is 11.2. The zero-order chi connectivity index (χ0) is 31.3. The van der Waals surface area contributed by atoms with Crippen molar-refractivity contribution in [3.63, 3.8) is 0 Å². The van der Waals surface area contributed by atoms with Crippen LogP contribution >= 0.6 is 0 Å². The Balaban J connectivity index is 1.36. The lowest BCUT2D eigenvalue weighted by molar-refractivity contribution is -0.138. The predicted octanol–water partition coefficient (Wildman–Crippen LogP) is 6.78. The number of amides is 1. The number of halogens is 3. The molecular weight excluding hydrogens is 563 g/mol. The largest absolute Gasteiger partial charge is 0.416 e. The summed E-state index contributed by atoms with van der Waals surface area (Å²) in [6.07, 6.45) is -1.82. The number of anilines is 2. The van der Waals surface area contributed by atoms with Crippen LogP contribution in [0.5, 0.6) is 0 Å². The number of hydrogen-bond donors (Lipinski definition) is 2. The molecule has 9 heteroatoms. The Bertz CT molecular complexity index is 1720. The molecule has 0 unspecified atom stereocenters. The standard InChI is InChI=1S/C35H36F3N5O/c1-4-15-39-33-31-8-6-5-7-30(31)27(22-40-33)12-11-25-20-26(10-9-24(25)2)34(44)41-29-14-13-28(32(21-29)35(36,37)38)23-43-18-16-42(3)17-19-43/h5-10,13-14,20-22H,4,15-19,23H2,1-3H3,(H,39,40)(H,41,44). The summed E-state index contributed by atoms with van der Waals surface area (Å²) in [6, 6.07) is 17.0. The molecule has 44 heavy (non-hydrogen) atoms. The molecule has 228 valence electrons. The van der Waals surface area contributed by atoms with Gasteiger partial charge in [0.1, 0.15) is 5.82 Å². The summed E-state index contributed by atoms with van der Waals surface area (Å²) in [5.41, 5.74) is 2.14. The minimum atomic E-state index is -4.54. The maximum Gasteiger partial charge on any atom is 0.416 e. The van der Waals surface area contributed by atoms with Crippen molar-refractivity contribution in [3.8, 4) is 11.8 Å². The Hall–Kier alpha value is -4.39. The zero-order valence-corrected chi connectivity index (χ0v) is 25.2. The number of piperazine rings is 1. The molecule has 0 atom stereocenters. The first-order chi connectivity index (χ1) is 21.1. The van der Waals surface area contributed by atoms with Crippen LogP contribution in [0.15, 0.2) is 66.9 Å². The van der Waals surface area contributed by atoms with Gasteiger partial charge >= 0.3 is 6.18 Å². The van der Waals surface area contributed by atoms with Gasteiger partial charge in [-0.25, -0.2) is 4.98 Å². The highest BCUT2D eigenvalue weighted by Crippen LogP contribution is 2.35. The summed E-state index contributed by atoms with van der Waals surface area (Å²) in [5.74, 6) is 6.68. The van der Waals surface area contributed by atoms with Gasteiger partial charge in [-0.1, -0.05) is 55.2 Å². The van der Waals surface area contributed by atoms with Crippen molar-refractivity contribution in [2.75, 3.05) is 50.4 Å². The number of carbonyl (C=O) groups is 1. The average Bonchev–Trinajstić information content (AvgIpc) is 3.01. The Morgan fingerprint density at radius 1 is 0.955 bits per heavy atom. The van der Waals surface area contributed by atoms with Gasteiger partial charge in [0.25, 0.3) is 5.91 Å². The molecule has 2 N–H and O–H groups in total. The Morgan fingerprint density at radius 2 is 1.68 bits per heavy atom. The first-order valence-corrected chi connectivity index (χ1v) is 14.8. The first-order valence-electron chi connectivity index (χ1n) is 14.8. The number of nitrogens with one attached hydrogen (secondary N) is 2. The average molecular weight is 600 g/mol. The lowest BCUT2D eigenvalue weighted by atomic mass is 10.0. The quantitative estimate of drug-likeness (QED) is 0.229. The van der Waals surface area contributed by atoms with Crippen LogP contribution in [0.25, 0.3) is 10.8 Å². The number of nitrogens with zero attached hydrogens (tertiary/aromatic N) is 3. The van der Waals surface area contributed by atoms with E-state index in [-0.39, 0.29) is 17.8 Å². The van der Waals surface area contributed by atoms with E-state index in [1.165, 1.54) is 12.1 Å². The van der Waals surface area contributed by atoms with E-state index < -0.39 is 17.6 Å². The van der Waals surface area contributed by atoms with E-state index in [2.05, 4.69) is 39.3 Å². The molecule has 2 heterocycles. The van der Waals surface area contributed by atoms with E-state index >= 15 is 0 Å². The molecule has 0 aliphatic carbocycles. The van der Waals surface area contributed by atoms with Crippen molar-refractivity contribution in [2.24, 2.45) is 0 Å². The van der Waals surface area contributed by atoms with Crippen LogP contribution < -0.4 is 10.6 Å². The normalized spacial score (nSPS) is 14.2. The summed E-state index contributed by atoms with van der Waals surface area (Å²) in [7, 11) is 2.00. The molecule has 1 aromatic heterocycles. The van der Waals surface area contributed by atoms with Crippen molar-refractivity contribution in [1.29, 1.82) is 0 Å². The van der Waals surface area contributed by atoms with Gasteiger partial charge in [-0.15, -0.1) is 0 Å². The van der Waals surface area contributed by atoms with Gasteiger partial charge < -0.3 is 15.5 Å². The fourth-order valence-electron chi connectivity index (χ4n) is 5.22. The third-order valence-electron chi connectivity index (χ3n) is 7.83. The summed E-state index contributed by atoms with van der Waals surface area (Å²) in [4.78, 5) is 21.9. The Kier molecular flexibility index (Phi) is 9.52. The van der Waals surface area contributed by atoms with Gasteiger partial charge in [-0.2, -0.15) is 13.2 Å². The topological polar surface area (TPSA) is 60.5 Å². The number of pyridine rings is 1. The van der Waals surface area contributed by atoms with E-state index in [0.717, 1.165) is 59.8 Å². The number of carbonyl (C=O) groups excluding carboxylic acids is 1. The molecule has 1 aliphatic rings. The molecular formula is C35H36F3N5O. The zero-order valence-electron chi connectivity index (χ0n) is 25.2. The number of benzene rings is 3. The molecule has 1 amide bonds. The Morgan fingerprint density at radius 3 is 2.41 bits per heavy atom. The lowest BCUT2D eigenvalue weighted by Crippen LogP contribution is -2.44. The van der Waals surface area contributed by atoms with Crippen molar-refractivity contribution < 1.29 is 18.0 Å². The van der Waals surface area contributed by atoms with Crippen LogP contribution in [0.1, 0.15) is 51.5 Å².